The molecule has 0 saturated carbocycles. The summed E-state index contributed by atoms with van der Waals surface area (Å²) >= 11 is 0. The van der Waals surface area contributed by atoms with Crippen LogP contribution in [-0.2, 0) is 44.7 Å². The van der Waals surface area contributed by atoms with Crippen LogP contribution < -0.4 is 37.1 Å². The summed E-state index contributed by atoms with van der Waals surface area (Å²) in [5.41, 5.74) is 4.08. The van der Waals surface area contributed by atoms with Gasteiger partial charge in [-0.3, -0.25) is 28.8 Å². The zero-order valence-electron chi connectivity index (χ0n) is 33.2. The van der Waals surface area contributed by atoms with Crippen LogP contribution in [0.25, 0.3) is 0 Å². The summed E-state index contributed by atoms with van der Waals surface area (Å²) < 4.78 is 15.7. The second kappa shape index (κ2) is 20.3. The summed E-state index contributed by atoms with van der Waals surface area (Å²) in [6.07, 6.45) is -0.666. The molecule has 1 saturated heterocycles. The molecule has 0 aliphatic carbocycles. The van der Waals surface area contributed by atoms with Crippen molar-refractivity contribution in [3.63, 3.8) is 0 Å². The molecule has 1 heterocycles. The van der Waals surface area contributed by atoms with Gasteiger partial charge in [-0.15, -0.1) is 0 Å². The number of primary amides is 1. The standard InChI is InChI=1S/C37H57N7O11/c1-21(2)17-25(31(48)39-19-28(38)45)42-33(50)27-11-10-16-44(27)29(46)20-40-30(47)22(3)41-32(49)26(43-34(51)54-36(4,5)6)18-23-12-14-24(15-13-23)53-35(52)55-37(7,8)9/h12-15,21-22,25-27H,10-11,16-20H2,1-9H3,(H2,38,45)(H,39,48)(H,40,47)(H,41,49)(H,42,50)(H,43,51)/t22-,25?,26?,27?/m0/s1. The predicted octanol–water partition coefficient (Wildman–Crippen LogP) is 1.18. The molecule has 18 heteroatoms. The zero-order valence-corrected chi connectivity index (χ0v) is 33.2. The number of hydrogen-bond acceptors (Lipinski definition) is 11. The van der Waals surface area contributed by atoms with Crippen LogP contribution in [0.3, 0.4) is 0 Å². The number of likely N-dealkylation sites (tertiary alicyclic amines) is 1. The minimum atomic E-state index is -1.20. The van der Waals surface area contributed by atoms with Crippen LogP contribution in [0.4, 0.5) is 9.59 Å². The SMILES string of the molecule is CC(C)CC(NC(=O)C1CCCN1C(=O)CNC(=O)[C@H](C)NC(=O)C(Cc1ccc(OC(=O)OC(C)(C)C)cc1)NC(=O)OC(C)(C)C)C(=O)NCC(N)=O. The van der Waals surface area contributed by atoms with Crippen molar-refractivity contribution in [1.29, 1.82) is 0 Å². The smallest absolute Gasteiger partial charge is 0.444 e. The van der Waals surface area contributed by atoms with Crippen molar-refractivity contribution >= 4 is 47.7 Å². The first-order valence-corrected chi connectivity index (χ1v) is 18.2. The van der Waals surface area contributed by atoms with E-state index in [1.807, 2.05) is 13.8 Å². The molecule has 0 aromatic heterocycles. The molecule has 1 aromatic carbocycles. The molecule has 18 nitrogen and oxygen atoms in total. The predicted molar refractivity (Wildman–Crippen MR) is 199 cm³/mol. The van der Waals surface area contributed by atoms with E-state index in [2.05, 4.69) is 26.6 Å². The van der Waals surface area contributed by atoms with E-state index in [-0.39, 0.29) is 37.6 Å². The molecule has 0 bridgehead atoms. The summed E-state index contributed by atoms with van der Waals surface area (Å²) in [6.45, 7) is 14.6. The van der Waals surface area contributed by atoms with E-state index in [0.717, 1.165) is 0 Å². The van der Waals surface area contributed by atoms with Crippen LogP contribution >= 0.6 is 0 Å². The largest absolute Gasteiger partial charge is 0.514 e. The summed E-state index contributed by atoms with van der Waals surface area (Å²) in [5.74, 6) is -3.62. The number of alkyl carbamates (subject to hydrolysis) is 1. The Labute approximate surface area is 321 Å². The number of carbonyl (C=O) groups excluding carboxylic acids is 8. The Kier molecular flexibility index (Phi) is 16.9. The third-order valence-electron chi connectivity index (χ3n) is 7.78. The van der Waals surface area contributed by atoms with E-state index in [1.165, 1.54) is 24.0 Å². The van der Waals surface area contributed by atoms with E-state index in [1.54, 1.807) is 53.7 Å². The molecular weight excluding hydrogens is 718 g/mol. The second-order valence-corrected chi connectivity index (χ2v) is 15.7. The average molecular weight is 776 g/mol. The molecule has 4 atom stereocenters. The van der Waals surface area contributed by atoms with Gasteiger partial charge >= 0.3 is 12.2 Å². The summed E-state index contributed by atoms with van der Waals surface area (Å²) in [5, 5.41) is 12.6. The molecule has 0 spiro atoms. The van der Waals surface area contributed by atoms with Gasteiger partial charge in [0.1, 0.15) is 41.1 Å². The van der Waals surface area contributed by atoms with Gasteiger partial charge in [0.2, 0.25) is 35.4 Å². The summed E-state index contributed by atoms with van der Waals surface area (Å²) in [4.78, 5) is 103. The Morgan fingerprint density at radius 2 is 1.38 bits per heavy atom. The van der Waals surface area contributed by atoms with E-state index in [9.17, 15) is 38.4 Å². The fraction of sp³-hybridized carbons (Fsp3) is 0.622. The number of rotatable bonds is 16. The maximum Gasteiger partial charge on any atom is 0.514 e. The van der Waals surface area contributed by atoms with Gasteiger partial charge in [0, 0.05) is 13.0 Å². The number of carbonyl (C=O) groups is 8. The molecule has 1 aliphatic rings. The lowest BCUT2D eigenvalue weighted by atomic mass is 10.0. The van der Waals surface area contributed by atoms with Crippen LogP contribution in [0, 0.1) is 5.92 Å². The van der Waals surface area contributed by atoms with Crippen LogP contribution in [0.1, 0.15) is 87.1 Å². The Morgan fingerprint density at radius 1 is 0.782 bits per heavy atom. The van der Waals surface area contributed by atoms with E-state index in [0.29, 0.717) is 18.4 Å². The Hall–Kier alpha value is -5.42. The Morgan fingerprint density at radius 3 is 1.95 bits per heavy atom. The zero-order chi connectivity index (χ0) is 41.7. The van der Waals surface area contributed by atoms with Gasteiger partial charge in [-0.1, -0.05) is 26.0 Å². The van der Waals surface area contributed by atoms with E-state index >= 15 is 0 Å². The number of nitrogens with zero attached hydrogens (tertiary/aromatic N) is 1. The minimum Gasteiger partial charge on any atom is -0.444 e. The number of benzene rings is 1. The molecule has 2 rings (SSSR count). The second-order valence-electron chi connectivity index (χ2n) is 15.7. The lowest BCUT2D eigenvalue weighted by Crippen LogP contribution is -2.56. The number of hydrogen-bond donors (Lipinski definition) is 6. The average Bonchev–Trinajstić information content (AvgIpc) is 3.54. The van der Waals surface area contributed by atoms with Gasteiger partial charge in [0.25, 0.3) is 0 Å². The van der Waals surface area contributed by atoms with Crippen LogP contribution in [0.5, 0.6) is 5.75 Å². The van der Waals surface area contributed by atoms with Gasteiger partial charge in [0.15, 0.2) is 0 Å². The van der Waals surface area contributed by atoms with E-state index < -0.39 is 89.6 Å². The maximum absolute atomic E-state index is 13.4. The molecule has 55 heavy (non-hydrogen) atoms. The first-order chi connectivity index (χ1) is 25.4. The van der Waals surface area contributed by atoms with Crippen LogP contribution in [0.15, 0.2) is 24.3 Å². The highest BCUT2D eigenvalue weighted by Crippen LogP contribution is 2.19. The first kappa shape index (κ1) is 45.7. The fourth-order valence-corrected chi connectivity index (χ4v) is 5.36. The quantitative estimate of drug-likeness (QED) is 0.103. The van der Waals surface area contributed by atoms with Gasteiger partial charge in [-0.25, -0.2) is 9.59 Å². The molecule has 0 radical (unpaired) electrons. The van der Waals surface area contributed by atoms with Crippen LogP contribution in [-0.4, -0.2) is 108 Å². The molecule has 7 amide bonds. The highest BCUT2D eigenvalue weighted by Gasteiger charge is 2.36. The number of amides is 7. The monoisotopic (exact) mass is 775 g/mol. The van der Waals surface area contributed by atoms with Crippen molar-refractivity contribution in [2.75, 3.05) is 19.6 Å². The molecular formula is C37H57N7O11. The number of nitrogens with two attached hydrogens (primary N) is 1. The highest BCUT2D eigenvalue weighted by atomic mass is 16.7. The summed E-state index contributed by atoms with van der Waals surface area (Å²) in [6, 6.07) is 1.97. The van der Waals surface area contributed by atoms with Crippen molar-refractivity contribution in [2.45, 2.75) is 123 Å². The fourth-order valence-electron chi connectivity index (χ4n) is 5.36. The van der Waals surface area contributed by atoms with Crippen molar-refractivity contribution in [2.24, 2.45) is 11.7 Å². The molecule has 1 fully saturated rings. The molecule has 1 aromatic rings. The first-order valence-electron chi connectivity index (χ1n) is 18.2. The third-order valence-corrected chi connectivity index (χ3v) is 7.78. The third kappa shape index (κ3) is 17.1. The number of nitrogens with one attached hydrogen (secondary N) is 5. The number of ether oxygens (including phenoxy) is 3. The molecule has 3 unspecified atom stereocenters. The topological polar surface area (TPSA) is 254 Å². The lowest BCUT2D eigenvalue weighted by Gasteiger charge is -2.27. The maximum atomic E-state index is 13.4. The van der Waals surface area contributed by atoms with Crippen molar-refractivity contribution in [3.8, 4) is 5.75 Å². The van der Waals surface area contributed by atoms with Crippen molar-refractivity contribution in [1.82, 2.24) is 31.5 Å². The van der Waals surface area contributed by atoms with E-state index in [4.69, 9.17) is 19.9 Å². The van der Waals surface area contributed by atoms with Crippen molar-refractivity contribution < 1.29 is 52.6 Å². The Bertz CT molecular complexity index is 1550. The minimum absolute atomic E-state index is 0.0194. The van der Waals surface area contributed by atoms with Gasteiger partial charge in [0.05, 0.1) is 13.1 Å². The Balaban J connectivity index is 2.05. The molecule has 1 aliphatic heterocycles. The molecule has 7 N–H and O–H groups in total. The van der Waals surface area contributed by atoms with Gasteiger partial charge in [-0.2, -0.15) is 0 Å². The normalized spacial score (nSPS) is 15.8. The van der Waals surface area contributed by atoms with Crippen molar-refractivity contribution in [3.05, 3.63) is 29.8 Å². The van der Waals surface area contributed by atoms with Gasteiger partial charge < -0.3 is 51.4 Å². The lowest BCUT2D eigenvalue weighted by molar-refractivity contribution is -0.140. The summed E-state index contributed by atoms with van der Waals surface area (Å²) in [7, 11) is 0. The van der Waals surface area contributed by atoms with Crippen LogP contribution in [0.2, 0.25) is 0 Å². The highest BCUT2D eigenvalue weighted by molar-refractivity contribution is 5.95. The van der Waals surface area contributed by atoms with Gasteiger partial charge in [-0.05, 0) is 91.3 Å². The molecule has 306 valence electrons.